The number of hydrogen-bond acceptors (Lipinski definition) is 6. The lowest BCUT2D eigenvalue weighted by molar-refractivity contribution is -0.116. The van der Waals surface area contributed by atoms with Crippen molar-refractivity contribution in [1.29, 1.82) is 0 Å². The number of anilines is 1. The van der Waals surface area contributed by atoms with Crippen molar-refractivity contribution in [2.75, 3.05) is 12.4 Å². The molecule has 2 heterocycles. The fourth-order valence-electron chi connectivity index (χ4n) is 2.19. The van der Waals surface area contributed by atoms with Crippen LogP contribution >= 0.6 is 0 Å². The van der Waals surface area contributed by atoms with Crippen LogP contribution < -0.4 is 10.1 Å². The highest BCUT2D eigenvalue weighted by molar-refractivity contribution is 5.89. The molecule has 0 aliphatic heterocycles. The minimum atomic E-state index is -0.145. The van der Waals surface area contributed by atoms with Crippen LogP contribution in [0.4, 0.5) is 6.01 Å². The van der Waals surface area contributed by atoms with Crippen molar-refractivity contribution in [3.05, 3.63) is 24.3 Å². The van der Waals surface area contributed by atoms with Gasteiger partial charge in [-0.2, -0.15) is 0 Å². The second kappa shape index (κ2) is 6.51. The van der Waals surface area contributed by atoms with E-state index in [2.05, 4.69) is 15.5 Å². The number of aromatic nitrogens is 2. The van der Waals surface area contributed by atoms with Crippen molar-refractivity contribution in [3.8, 4) is 17.4 Å². The molecule has 0 bridgehead atoms. The Balaban J connectivity index is 1.81. The quantitative estimate of drug-likeness (QED) is 0.747. The number of para-hydroxylation sites is 1. The van der Waals surface area contributed by atoms with Gasteiger partial charge < -0.3 is 13.6 Å². The Morgan fingerprint density at radius 2 is 2.17 bits per heavy atom. The number of rotatable bonds is 6. The molecule has 0 saturated carbocycles. The number of ether oxygens (including phenoxy) is 1. The predicted octanol–water partition coefficient (Wildman–Crippen LogP) is 3.62. The Kier molecular flexibility index (Phi) is 4.27. The fourth-order valence-corrected chi connectivity index (χ4v) is 2.19. The number of nitrogens with one attached hydrogen (secondary N) is 1. The lowest BCUT2D eigenvalue weighted by atomic mass is 10.2. The first-order valence-corrected chi connectivity index (χ1v) is 7.41. The molecular formula is C16H17N3O4. The first-order chi connectivity index (χ1) is 11.2. The van der Waals surface area contributed by atoms with Crippen molar-refractivity contribution >= 4 is 22.9 Å². The van der Waals surface area contributed by atoms with Crippen LogP contribution in [0, 0.1) is 0 Å². The lowest BCUT2D eigenvalue weighted by Crippen LogP contribution is -2.11. The zero-order valence-electron chi connectivity index (χ0n) is 13.0. The molecule has 0 unspecified atom stereocenters. The summed E-state index contributed by atoms with van der Waals surface area (Å²) in [6.45, 7) is 2.02. The number of hydrogen-bond donors (Lipinski definition) is 1. The van der Waals surface area contributed by atoms with Crippen molar-refractivity contribution in [2.45, 2.75) is 26.2 Å². The van der Waals surface area contributed by atoms with Crippen LogP contribution in [0.15, 0.2) is 33.1 Å². The van der Waals surface area contributed by atoms with Gasteiger partial charge >= 0.3 is 6.01 Å². The number of unbranched alkanes of at least 4 members (excludes halogenated alkanes) is 1. The SMILES string of the molecule is CCCCC(=O)Nc1nnc(-c2cc3cccc(OC)c3o2)o1. The first kappa shape index (κ1) is 15.1. The summed E-state index contributed by atoms with van der Waals surface area (Å²) in [5, 5.41) is 11.2. The summed E-state index contributed by atoms with van der Waals surface area (Å²) in [5.41, 5.74) is 0.608. The van der Waals surface area contributed by atoms with E-state index in [4.69, 9.17) is 13.6 Å². The van der Waals surface area contributed by atoms with Crippen LogP contribution in [0.5, 0.6) is 5.75 Å². The highest BCUT2D eigenvalue weighted by atomic mass is 16.5. The van der Waals surface area contributed by atoms with Gasteiger partial charge in [0.2, 0.25) is 5.91 Å². The Bertz CT molecular complexity index is 822. The third-order valence-electron chi connectivity index (χ3n) is 3.37. The molecule has 120 valence electrons. The molecule has 0 atom stereocenters. The van der Waals surface area contributed by atoms with E-state index in [-0.39, 0.29) is 17.8 Å². The molecule has 1 amide bonds. The first-order valence-electron chi connectivity index (χ1n) is 7.41. The molecule has 3 rings (SSSR count). The fraction of sp³-hybridized carbons (Fsp3) is 0.312. The van der Waals surface area contributed by atoms with Gasteiger partial charge in [-0.15, -0.1) is 5.10 Å². The zero-order valence-corrected chi connectivity index (χ0v) is 13.0. The summed E-state index contributed by atoms with van der Waals surface area (Å²) in [6, 6.07) is 7.42. The molecule has 0 radical (unpaired) electrons. The maximum absolute atomic E-state index is 11.7. The summed E-state index contributed by atoms with van der Waals surface area (Å²) < 4.78 is 16.4. The largest absolute Gasteiger partial charge is 0.493 e. The molecule has 1 aromatic carbocycles. The smallest absolute Gasteiger partial charge is 0.322 e. The maximum atomic E-state index is 11.7. The van der Waals surface area contributed by atoms with Crippen LogP contribution in [-0.4, -0.2) is 23.2 Å². The highest BCUT2D eigenvalue weighted by Gasteiger charge is 2.16. The van der Waals surface area contributed by atoms with Crippen LogP contribution in [-0.2, 0) is 4.79 Å². The Morgan fingerprint density at radius 1 is 1.30 bits per heavy atom. The van der Waals surface area contributed by atoms with E-state index < -0.39 is 0 Å². The molecule has 0 saturated heterocycles. The lowest BCUT2D eigenvalue weighted by Gasteiger charge is -1.98. The molecule has 0 aliphatic rings. The topological polar surface area (TPSA) is 90.4 Å². The van der Waals surface area contributed by atoms with Gasteiger partial charge in [0.05, 0.1) is 7.11 Å². The number of carbonyl (C=O) groups excluding carboxylic acids is 1. The Morgan fingerprint density at radius 3 is 2.96 bits per heavy atom. The molecule has 0 fully saturated rings. The van der Waals surface area contributed by atoms with Gasteiger partial charge in [0.1, 0.15) is 0 Å². The summed E-state index contributed by atoms with van der Waals surface area (Å²) in [6.07, 6.45) is 2.19. The van der Waals surface area contributed by atoms with E-state index in [0.29, 0.717) is 23.5 Å². The van der Waals surface area contributed by atoms with Crippen LogP contribution in [0.2, 0.25) is 0 Å². The number of furan rings is 1. The zero-order chi connectivity index (χ0) is 16.2. The van der Waals surface area contributed by atoms with Gasteiger partial charge in [-0.05, 0) is 18.6 Å². The van der Waals surface area contributed by atoms with Crippen molar-refractivity contribution in [1.82, 2.24) is 10.2 Å². The molecule has 7 heteroatoms. The monoisotopic (exact) mass is 315 g/mol. The number of amides is 1. The third kappa shape index (κ3) is 3.18. The second-order valence-electron chi connectivity index (χ2n) is 5.05. The van der Waals surface area contributed by atoms with E-state index in [1.165, 1.54) is 0 Å². The van der Waals surface area contributed by atoms with Crippen LogP contribution in [0.3, 0.4) is 0 Å². The standard InChI is InChI=1S/C16H17N3O4/c1-3-4-8-13(20)17-16-19-18-15(23-16)12-9-10-6-5-7-11(21-2)14(10)22-12/h5-7,9H,3-4,8H2,1-2H3,(H,17,19,20). The molecule has 23 heavy (non-hydrogen) atoms. The number of fused-ring (bicyclic) bond motifs is 1. The van der Waals surface area contributed by atoms with E-state index in [0.717, 1.165) is 18.2 Å². The van der Waals surface area contributed by atoms with Gasteiger partial charge in [-0.1, -0.05) is 30.6 Å². The maximum Gasteiger partial charge on any atom is 0.322 e. The molecule has 7 nitrogen and oxygen atoms in total. The number of nitrogens with zero attached hydrogens (tertiary/aromatic N) is 2. The Labute approximate surface area is 132 Å². The molecule has 3 aromatic rings. The highest BCUT2D eigenvalue weighted by Crippen LogP contribution is 2.33. The normalized spacial score (nSPS) is 10.9. The van der Waals surface area contributed by atoms with Gasteiger partial charge in [-0.25, -0.2) is 0 Å². The average molecular weight is 315 g/mol. The summed E-state index contributed by atoms with van der Waals surface area (Å²) >= 11 is 0. The van der Waals surface area contributed by atoms with Crippen LogP contribution in [0.1, 0.15) is 26.2 Å². The van der Waals surface area contributed by atoms with E-state index in [1.54, 1.807) is 13.2 Å². The van der Waals surface area contributed by atoms with Crippen molar-refractivity contribution in [2.24, 2.45) is 0 Å². The number of methoxy groups -OCH3 is 1. The molecule has 2 aromatic heterocycles. The molecule has 1 N–H and O–H groups in total. The van der Waals surface area contributed by atoms with Crippen molar-refractivity contribution < 1.29 is 18.4 Å². The molecular weight excluding hydrogens is 298 g/mol. The van der Waals surface area contributed by atoms with Crippen molar-refractivity contribution in [3.63, 3.8) is 0 Å². The average Bonchev–Trinajstić information content (AvgIpc) is 3.18. The summed E-state index contributed by atoms with van der Waals surface area (Å²) in [5.74, 6) is 1.11. The summed E-state index contributed by atoms with van der Waals surface area (Å²) in [4.78, 5) is 11.7. The van der Waals surface area contributed by atoms with E-state index in [1.807, 2.05) is 25.1 Å². The third-order valence-corrected chi connectivity index (χ3v) is 3.37. The van der Waals surface area contributed by atoms with Gasteiger partial charge in [0, 0.05) is 11.8 Å². The molecule has 0 aliphatic carbocycles. The minimum Gasteiger partial charge on any atom is -0.493 e. The second-order valence-corrected chi connectivity index (χ2v) is 5.05. The predicted molar refractivity (Wildman–Crippen MR) is 84.2 cm³/mol. The van der Waals surface area contributed by atoms with Gasteiger partial charge in [-0.3, -0.25) is 10.1 Å². The van der Waals surface area contributed by atoms with E-state index in [9.17, 15) is 4.79 Å². The van der Waals surface area contributed by atoms with Gasteiger partial charge in [0.15, 0.2) is 17.1 Å². The van der Waals surface area contributed by atoms with Crippen LogP contribution in [0.25, 0.3) is 22.6 Å². The van der Waals surface area contributed by atoms with Gasteiger partial charge in [0.25, 0.3) is 5.89 Å². The molecule has 0 spiro atoms. The minimum absolute atomic E-state index is 0.0634. The number of benzene rings is 1. The summed E-state index contributed by atoms with van der Waals surface area (Å²) in [7, 11) is 1.58. The number of carbonyl (C=O) groups is 1. The van der Waals surface area contributed by atoms with E-state index >= 15 is 0 Å². The Hall–Kier alpha value is -2.83.